The van der Waals surface area contributed by atoms with Crippen LogP contribution in [0.25, 0.3) is 0 Å². The van der Waals surface area contributed by atoms with Crippen molar-refractivity contribution >= 4 is 42.5 Å². The van der Waals surface area contributed by atoms with Crippen LogP contribution in [0.1, 0.15) is 33.1 Å². The van der Waals surface area contributed by atoms with Gasteiger partial charge in [0.15, 0.2) is 0 Å². The molecule has 0 radical (unpaired) electrons. The molecule has 0 aliphatic carbocycles. The summed E-state index contributed by atoms with van der Waals surface area (Å²) in [5, 5.41) is 6.64. The Bertz CT molecular complexity index is 337. The molecular formula is C16H33Cl2N3O2S. The fourth-order valence-electron chi connectivity index (χ4n) is 2.98. The Balaban J connectivity index is 0.00000264. The summed E-state index contributed by atoms with van der Waals surface area (Å²) in [5.74, 6) is 2.43. The molecule has 2 fully saturated rings. The molecule has 1 atom stereocenters. The van der Waals surface area contributed by atoms with Gasteiger partial charge < -0.3 is 20.3 Å². The third-order valence-corrected chi connectivity index (χ3v) is 5.37. The maximum absolute atomic E-state index is 12.1. The van der Waals surface area contributed by atoms with E-state index in [0.717, 1.165) is 57.1 Å². The lowest BCUT2D eigenvalue weighted by Crippen LogP contribution is -2.47. The van der Waals surface area contributed by atoms with Crippen LogP contribution in [0.15, 0.2) is 0 Å². The third kappa shape index (κ3) is 9.68. The van der Waals surface area contributed by atoms with E-state index >= 15 is 0 Å². The second-order valence-corrected chi connectivity index (χ2v) is 7.68. The van der Waals surface area contributed by atoms with E-state index in [1.807, 2.05) is 11.8 Å². The summed E-state index contributed by atoms with van der Waals surface area (Å²) in [4.78, 5) is 14.5. The molecule has 0 bridgehead atoms. The molecule has 2 aliphatic heterocycles. The van der Waals surface area contributed by atoms with Crippen molar-refractivity contribution in [2.75, 3.05) is 44.3 Å². The summed E-state index contributed by atoms with van der Waals surface area (Å²) >= 11 is 1.94. The first-order chi connectivity index (χ1) is 10.6. The smallest absolute Gasteiger partial charge is 0.221 e. The van der Waals surface area contributed by atoms with E-state index in [-0.39, 0.29) is 30.7 Å². The lowest BCUT2D eigenvalue weighted by Gasteiger charge is -2.32. The number of rotatable bonds is 7. The molecule has 1 unspecified atom stereocenters. The average Bonchev–Trinajstić information content (AvgIpc) is 2.49. The van der Waals surface area contributed by atoms with Gasteiger partial charge in [-0.15, -0.1) is 24.8 Å². The number of carbonyl (C=O) groups excluding carboxylic acids is 1. The first kappa shape index (κ1) is 24.3. The number of piperidine rings is 1. The molecule has 2 N–H and O–H groups in total. The van der Waals surface area contributed by atoms with Crippen LogP contribution >= 0.6 is 36.6 Å². The fourth-order valence-corrected chi connectivity index (χ4v) is 3.93. The molecule has 2 aliphatic rings. The molecule has 0 spiro atoms. The maximum Gasteiger partial charge on any atom is 0.221 e. The average molecular weight is 402 g/mol. The van der Waals surface area contributed by atoms with E-state index < -0.39 is 0 Å². The van der Waals surface area contributed by atoms with Crippen LogP contribution < -0.4 is 10.6 Å². The van der Waals surface area contributed by atoms with Crippen molar-refractivity contribution in [1.82, 2.24) is 15.5 Å². The summed E-state index contributed by atoms with van der Waals surface area (Å²) in [6.07, 6.45) is 3.04. The molecular weight excluding hydrogens is 369 g/mol. The zero-order valence-corrected chi connectivity index (χ0v) is 17.2. The highest BCUT2D eigenvalue weighted by Crippen LogP contribution is 2.13. The zero-order valence-electron chi connectivity index (χ0n) is 14.8. The number of thioether (sulfide) groups is 1. The standard InChI is InChI=1S/C16H31N3O2S.2ClH/c1-13(2)21-9-8-19-6-3-14(4-7-19)18-16(20)11-15-12-22-10-5-17-15;;/h13-15,17H,3-12H2,1-2H3,(H,18,20);2*1H. The maximum atomic E-state index is 12.1. The van der Waals surface area contributed by atoms with Gasteiger partial charge in [-0.2, -0.15) is 11.8 Å². The Morgan fingerprint density at radius 3 is 2.62 bits per heavy atom. The minimum Gasteiger partial charge on any atom is -0.377 e. The minimum atomic E-state index is 0. The summed E-state index contributed by atoms with van der Waals surface area (Å²) in [5.41, 5.74) is 0. The SMILES string of the molecule is CC(C)OCCN1CCC(NC(=O)CC2CSCCN2)CC1.Cl.Cl. The lowest BCUT2D eigenvalue weighted by atomic mass is 10.0. The van der Waals surface area contributed by atoms with Gasteiger partial charge in [-0.25, -0.2) is 0 Å². The van der Waals surface area contributed by atoms with Gasteiger partial charge in [0.05, 0.1) is 12.7 Å². The molecule has 5 nitrogen and oxygen atoms in total. The van der Waals surface area contributed by atoms with Crippen LogP contribution in [0.3, 0.4) is 0 Å². The van der Waals surface area contributed by atoms with Crippen LogP contribution in [-0.2, 0) is 9.53 Å². The molecule has 1 amide bonds. The van der Waals surface area contributed by atoms with Crippen molar-refractivity contribution in [3.8, 4) is 0 Å². The molecule has 2 heterocycles. The third-order valence-electron chi connectivity index (χ3n) is 4.24. The van der Waals surface area contributed by atoms with Gasteiger partial charge in [0.2, 0.25) is 5.91 Å². The monoisotopic (exact) mass is 401 g/mol. The summed E-state index contributed by atoms with van der Waals surface area (Å²) in [7, 11) is 0. The Labute approximate surface area is 163 Å². The van der Waals surface area contributed by atoms with Gasteiger partial charge in [0.25, 0.3) is 0 Å². The summed E-state index contributed by atoms with van der Waals surface area (Å²) in [6.45, 7) is 9.10. The Hall–Kier alpha value is 0.280. The van der Waals surface area contributed by atoms with Crippen LogP contribution in [0.5, 0.6) is 0 Å². The van der Waals surface area contributed by atoms with Crippen LogP contribution in [-0.4, -0.2) is 73.3 Å². The number of nitrogens with zero attached hydrogens (tertiary/aromatic N) is 1. The normalized spacial score (nSPS) is 22.5. The first-order valence-electron chi connectivity index (χ1n) is 8.58. The largest absolute Gasteiger partial charge is 0.377 e. The number of hydrogen-bond acceptors (Lipinski definition) is 5. The van der Waals surface area contributed by atoms with E-state index in [0.29, 0.717) is 24.6 Å². The Kier molecular flexibility index (Phi) is 13.6. The number of ether oxygens (including phenoxy) is 1. The van der Waals surface area contributed by atoms with Crippen LogP contribution in [0, 0.1) is 0 Å². The summed E-state index contributed by atoms with van der Waals surface area (Å²) < 4.78 is 5.60. The predicted octanol–water partition coefficient (Wildman–Crippen LogP) is 1.93. The second kappa shape index (κ2) is 13.5. The van der Waals surface area contributed by atoms with Crippen LogP contribution in [0.4, 0.5) is 0 Å². The lowest BCUT2D eigenvalue weighted by molar-refractivity contribution is -0.122. The van der Waals surface area contributed by atoms with E-state index in [1.165, 1.54) is 0 Å². The Morgan fingerprint density at radius 2 is 2.04 bits per heavy atom. The molecule has 0 aromatic carbocycles. The molecule has 2 saturated heterocycles. The topological polar surface area (TPSA) is 53.6 Å². The molecule has 24 heavy (non-hydrogen) atoms. The molecule has 0 saturated carbocycles. The highest BCUT2D eigenvalue weighted by atomic mass is 35.5. The highest BCUT2D eigenvalue weighted by molar-refractivity contribution is 7.99. The highest BCUT2D eigenvalue weighted by Gasteiger charge is 2.22. The van der Waals surface area contributed by atoms with Crippen molar-refractivity contribution in [3.05, 3.63) is 0 Å². The number of hydrogen-bond donors (Lipinski definition) is 2. The summed E-state index contributed by atoms with van der Waals surface area (Å²) in [6, 6.07) is 0.707. The number of likely N-dealkylation sites (tertiary alicyclic amines) is 1. The Morgan fingerprint density at radius 1 is 1.33 bits per heavy atom. The first-order valence-corrected chi connectivity index (χ1v) is 9.73. The van der Waals surface area contributed by atoms with E-state index in [9.17, 15) is 4.79 Å². The van der Waals surface area contributed by atoms with Gasteiger partial charge in [-0.3, -0.25) is 4.79 Å². The molecule has 144 valence electrons. The van der Waals surface area contributed by atoms with E-state index in [1.54, 1.807) is 0 Å². The minimum absolute atomic E-state index is 0. The van der Waals surface area contributed by atoms with Gasteiger partial charge in [0, 0.05) is 56.2 Å². The predicted molar refractivity (Wildman–Crippen MR) is 107 cm³/mol. The quantitative estimate of drug-likeness (QED) is 0.682. The van der Waals surface area contributed by atoms with Crippen molar-refractivity contribution in [2.24, 2.45) is 0 Å². The van der Waals surface area contributed by atoms with Crippen molar-refractivity contribution in [1.29, 1.82) is 0 Å². The molecule has 8 heteroatoms. The number of halogens is 2. The number of amides is 1. The molecule has 0 aromatic heterocycles. The van der Waals surface area contributed by atoms with E-state index in [2.05, 4.69) is 29.4 Å². The fraction of sp³-hybridized carbons (Fsp3) is 0.938. The van der Waals surface area contributed by atoms with Gasteiger partial charge in [0.1, 0.15) is 0 Å². The number of carbonyl (C=O) groups is 1. The van der Waals surface area contributed by atoms with Crippen molar-refractivity contribution in [2.45, 2.75) is 51.3 Å². The number of nitrogens with one attached hydrogen (secondary N) is 2. The van der Waals surface area contributed by atoms with Crippen molar-refractivity contribution < 1.29 is 9.53 Å². The van der Waals surface area contributed by atoms with E-state index in [4.69, 9.17) is 4.74 Å². The molecule has 0 aromatic rings. The van der Waals surface area contributed by atoms with Gasteiger partial charge in [-0.05, 0) is 26.7 Å². The van der Waals surface area contributed by atoms with Gasteiger partial charge >= 0.3 is 0 Å². The second-order valence-electron chi connectivity index (χ2n) is 6.53. The zero-order chi connectivity index (χ0) is 15.8. The molecule has 2 rings (SSSR count). The van der Waals surface area contributed by atoms with Gasteiger partial charge in [-0.1, -0.05) is 0 Å². The van der Waals surface area contributed by atoms with Crippen LogP contribution in [0.2, 0.25) is 0 Å². The van der Waals surface area contributed by atoms with Crippen molar-refractivity contribution in [3.63, 3.8) is 0 Å².